The number of nitrogens with zero attached hydrogens (tertiary/aromatic N) is 3. The van der Waals surface area contributed by atoms with Crippen LogP contribution in [0.15, 0.2) is 42.5 Å². The summed E-state index contributed by atoms with van der Waals surface area (Å²) in [5.41, 5.74) is 8.12. The van der Waals surface area contributed by atoms with E-state index in [4.69, 9.17) is 33.7 Å². The molecule has 11 heteroatoms. The maximum absolute atomic E-state index is 14.0. The first-order valence-electron chi connectivity index (χ1n) is 13.9. The molecule has 1 aromatic heterocycles. The monoisotopic (exact) mass is 589 g/mol. The minimum Gasteiger partial charge on any atom is -0.466 e. The van der Waals surface area contributed by atoms with Crippen LogP contribution >= 0.6 is 23.2 Å². The number of aryl methyl sites for hydroxylation is 1. The largest absolute Gasteiger partial charge is 0.466 e. The SMILES string of the molecule is CCOC(=O)CC[C@H](C(=O)NCc1ccc(Cl)c(Cl)n1)N1CCC(CCc2ccccc2)N2C[C@H](N)C[C@H]2C1=O. The highest BCUT2D eigenvalue weighted by Crippen LogP contribution is 2.30. The molecule has 2 aliphatic heterocycles. The van der Waals surface area contributed by atoms with Crippen molar-refractivity contribution in [1.29, 1.82) is 0 Å². The van der Waals surface area contributed by atoms with Gasteiger partial charge in [-0.15, -0.1) is 0 Å². The van der Waals surface area contributed by atoms with Gasteiger partial charge in [-0.3, -0.25) is 19.3 Å². The number of hydrogen-bond acceptors (Lipinski definition) is 7. The van der Waals surface area contributed by atoms with E-state index < -0.39 is 18.1 Å². The number of aromatic nitrogens is 1. The van der Waals surface area contributed by atoms with E-state index in [-0.39, 0.29) is 55.0 Å². The second-order valence-electron chi connectivity index (χ2n) is 10.4. The van der Waals surface area contributed by atoms with E-state index in [1.807, 2.05) is 18.2 Å². The molecule has 2 fully saturated rings. The molecular formula is C29H37Cl2N5O4. The van der Waals surface area contributed by atoms with Gasteiger partial charge in [-0.05, 0) is 56.7 Å². The summed E-state index contributed by atoms with van der Waals surface area (Å²) >= 11 is 12.0. The zero-order valence-corrected chi connectivity index (χ0v) is 24.2. The third-order valence-electron chi connectivity index (χ3n) is 7.63. The number of benzene rings is 1. The van der Waals surface area contributed by atoms with Crippen LogP contribution in [0.1, 0.15) is 50.3 Å². The maximum Gasteiger partial charge on any atom is 0.305 e. The van der Waals surface area contributed by atoms with Gasteiger partial charge in [-0.1, -0.05) is 53.5 Å². The Bertz CT molecular complexity index is 1180. The van der Waals surface area contributed by atoms with E-state index >= 15 is 0 Å². The number of carbonyl (C=O) groups is 3. The summed E-state index contributed by atoms with van der Waals surface area (Å²) in [6.07, 6.45) is 3.19. The second-order valence-corrected chi connectivity index (χ2v) is 11.1. The number of ether oxygens (including phenoxy) is 1. The van der Waals surface area contributed by atoms with Gasteiger partial charge < -0.3 is 20.7 Å². The average molecular weight is 591 g/mol. The molecule has 4 rings (SSSR count). The topological polar surface area (TPSA) is 118 Å². The van der Waals surface area contributed by atoms with Gasteiger partial charge in [0.1, 0.15) is 11.2 Å². The molecule has 40 heavy (non-hydrogen) atoms. The normalized spacial score (nSPS) is 21.9. The van der Waals surface area contributed by atoms with Crippen molar-refractivity contribution in [3.8, 4) is 0 Å². The Kier molecular flexibility index (Phi) is 10.8. The lowest BCUT2D eigenvalue weighted by atomic mass is 10.0. The Morgan fingerprint density at radius 3 is 2.70 bits per heavy atom. The van der Waals surface area contributed by atoms with Crippen LogP contribution in [0, 0.1) is 0 Å². The second kappa shape index (κ2) is 14.3. The summed E-state index contributed by atoms with van der Waals surface area (Å²) in [5.74, 6) is -0.882. The zero-order valence-electron chi connectivity index (χ0n) is 22.7. The van der Waals surface area contributed by atoms with E-state index in [1.54, 1.807) is 24.0 Å². The maximum atomic E-state index is 14.0. The highest BCUT2D eigenvalue weighted by atomic mass is 35.5. The summed E-state index contributed by atoms with van der Waals surface area (Å²) < 4.78 is 5.10. The van der Waals surface area contributed by atoms with E-state index in [9.17, 15) is 14.4 Å². The lowest BCUT2D eigenvalue weighted by molar-refractivity contribution is -0.147. The van der Waals surface area contributed by atoms with Crippen molar-refractivity contribution < 1.29 is 19.1 Å². The summed E-state index contributed by atoms with van der Waals surface area (Å²) in [6, 6.07) is 12.4. The van der Waals surface area contributed by atoms with E-state index in [0.29, 0.717) is 36.6 Å². The quantitative estimate of drug-likeness (QED) is 0.305. The van der Waals surface area contributed by atoms with Crippen LogP contribution in [0.5, 0.6) is 0 Å². The van der Waals surface area contributed by atoms with Crippen molar-refractivity contribution in [3.05, 3.63) is 63.9 Å². The lowest BCUT2D eigenvalue weighted by Gasteiger charge is -2.32. The first-order valence-corrected chi connectivity index (χ1v) is 14.6. The molecule has 0 saturated carbocycles. The fraction of sp³-hybridized carbons (Fsp3) is 0.517. The highest BCUT2D eigenvalue weighted by molar-refractivity contribution is 6.41. The van der Waals surface area contributed by atoms with E-state index in [2.05, 4.69) is 27.3 Å². The molecule has 9 nitrogen and oxygen atoms in total. The van der Waals surface area contributed by atoms with Crippen LogP contribution in [0.4, 0.5) is 0 Å². The molecule has 4 atom stereocenters. The molecule has 0 radical (unpaired) electrons. The molecule has 1 unspecified atom stereocenters. The zero-order chi connectivity index (χ0) is 28.6. The standard InChI is InChI=1S/C29H37Cl2N5O4/c1-2-40-26(37)13-12-24(28(38)33-17-21-9-11-23(30)27(31)34-21)35-15-14-22(10-8-19-6-4-3-5-7-19)36-18-20(32)16-25(36)29(35)39/h3-7,9,11,20,22,24-25H,2,8,10,12-18,32H2,1H3,(H,33,38)/t20-,22?,24-,25+/m1/s1. The predicted octanol–water partition coefficient (Wildman–Crippen LogP) is 3.35. The number of hydrogen-bond donors (Lipinski definition) is 2. The Balaban J connectivity index is 1.52. The van der Waals surface area contributed by atoms with Gasteiger partial charge in [-0.2, -0.15) is 0 Å². The molecular weight excluding hydrogens is 553 g/mol. The molecule has 2 aliphatic rings. The number of nitrogens with one attached hydrogen (secondary N) is 1. The molecule has 0 bridgehead atoms. The van der Waals surface area contributed by atoms with Crippen LogP contribution in [-0.4, -0.2) is 76.4 Å². The van der Waals surface area contributed by atoms with Crippen molar-refractivity contribution in [1.82, 2.24) is 20.1 Å². The number of amides is 2. The van der Waals surface area contributed by atoms with Gasteiger partial charge in [0.25, 0.3) is 0 Å². The Morgan fingerprint density at radius 1 is 1.20 bits per heavy atom. The van der Waals surface area contributed by atoms with E-state index in [1.165, 1.54) is 5.56 Å². The molecule has 2 amide bonds. The van der Waals surface area contributed by atoms with Crippen molar-refractivity contribution in [2.45, 2.75) is 76.2 Å². The van der Waals surface area contributed by atoms with Crippen molar-refractivity contribution >= 4 is 41.0 Å². The fourth-order valence-corrected chi connectivity index (χ4v) is 5.94. The summed E-state index contributed by atoms with van der Waals surface area (Å²) in [7, 11) is 0. The van der Waals surface area contributed by atoms with Gasteiger partial charge in [0.2, 0.25) is 11.8 Å². The molecule has 0 aliphatic carbocycles. The Morgan fingerprint density at radius 2 is 1.98 bits per heavy atom. The molecule has 1 aromatic carbocycles. The van der Waals surface area contributed by atoms with Crippen LogP contribution in [0.25, 0.3) is 0 Å². The minimum atomic E-state index is -0.841. The first-order chi connectivity index (χ1) is 19.3. The van der Waals surface area contributed by atoms with Crippen LogP contribution in [0.2, 0.25) is 10.2 Å². The number of nitrogens with two attached hydrogens (primary N) is 1. The number of esters is 1. The van der Waals surface area contributed by atoms with Crippen molar-refractivity contribution in [2.24, 2.45) is 5.73 Å². The number of halogens is 2. The molecule has 2 aromatic rings. The number of carbonyl (C=O) groups excluding carboxylic acids is 3. The molecule has 0 spiro atoms. The summed E-state index contributed by atoms with van der Waals surface area (Å²) in [6.45, 7) is 3.14. The van der Waals surface area contributed by atoms with Crippen LogP contribution in [0.3, 0.4) is 0 Å². The summed E-state index contributed by atoms with van der Waals surface area (Å²) in [4.78, 5) is 47.8. The highest BCUT2D eigenvalue weighted by Gasteiger charge is 2.45. The van der Waals surface area contributed by atoms with Gasteiger partial charge in [0.15, 0.2) is 0 Å². The number of pyridine rings is 1. The Labute approximate surface area is 245 Å². The van der Waals surface area contributed by atoms with Gasteiger partial charge >= 0.3 is 5.97 Å². The van der Waals surface area contributed by atoms with Crippen molar-refractivity contribution in [3.63, 3.8) is 0 Å². The van der Waals surface area contributed by atoms with Gasteiger partial charge in [0.05, 0.1) is 29.9 Å². The molecule has 216 valence electrons. The molecule has 3 heterocycles. The Hall–Kier alpha value is -2.72. The van der Waals surface area contributed by atoms with Gasteiger partial charge in [-0.25, -0.2) is 4.98 Å². The first kappa shape index (κ1) is 30.2. The van der Waals surface area contributed by atoms with Gasteiger partial charge in [0, 0.05) is 31.6 Å². The van der Waals surface area contributed by atoms with E-state index in [0.717, 1.165) is 12.8 Å². The van der Waals surface area contributed by atoms with Crippen molar-refractivity contribution in [2.75, 3.05) is 19.7 Å². The number of rotatable bonds is 11. The molecule has 3 N–H and O–H groups in total. The van der Waals surface area contributed by atoms with Crippen LogP contribution in [-0.2, 0) is 32.1 Å². The lowest BCUT2D eigenvalue weighted by Crippen LogP contribution is -2.53. The third-order valence-corrected chi connectivity index (χ3v) is 8.32. The average Bonchev–Trinajstić information content (AvgIpc) is 3.29. The minimum absolute atomic E-state index is 0.0199. The third kappa shape index (κ3) is 7.72. The smallest absolute Gasteiger partial charge is 0.305 e. The number of fused-ring (bicyclic) bond motifs is 1. The fourth-order valence-electron chi connectivity index (χ4n) is 5.66. The molecule has 2 saturated heterocycles. The summed E-state index contributed by atoms with van der Waals surface area (Å²) in [5, 5.41) is 3.35. The predicted molar refractivity (Wildman–Crippen MR) is 154 cm³/mol. The van der Waals surface area contributed by atoms with Crippen LogP contribution < -0.4 is 11.1 Å².